The number of benzene rings is 1. The summed E-state index contributed by atoms with van der Waals surface area (Å²) in [5.41, 5.74) is 1.15. The smallest absolute Gasteiger partial charge is 0.141 e. The van der Waals surface area contributed by atoms with E-state index in [0.717, 1.165) is 19.3 Å². The van der Waals surface area contributed by atoms with E-state index in [2.05, 4.69) is 45.0 Å². The molecular formula is C19H26O2. The van der Waals surface area contributed by atoms with Crippen LogP contribution in [0.4, 0.5) is 0 Å². The second-order valence-electron chi connectivity index (χ2n) is 7.67. The molecule has 0 unspecified atom stereocenters. The number of ether oxygens (including phenoxy) is 1. The normalized spacial score (nSPS) is 35.3. The Morgan fingerprint density at radius 3 is 2.57 bits per heavy atom. The molecule has 21 heavy (non-hydrogen) atoms. The lowest BCUT2D eigenvalue weighted by molar-refractivity contribution is -0.192. The van der Waals surface area contributed by atoms with Crippen LogP contribution in [0.2, 0.25) is 0 Å². The highest BCUT2D eigenvalue weighted by molar-refractivity contribution is 5.85. The molecule has 1 aliphatic heterocycles. The van der Waals surface area contributed by atoms with E-state index in [4.69, 9.17) is 4.74 Å². The predicted octanol–water partition coefficient (Wildman–Crippen LogP) is 4.17. The van der Waals surface area contributed by atoms with Crippen LogP contribution in [0.15, 0.2) is 30.3 Å². The number of hydrogen-bond donors (Lipinski definition) is 0. The van der Waals surface area contributed by atoms with Gasteiger partial charge in [0.25, 0.3) is 0 Å². The lowest BCUT2D eigenvalue weighted by Crippen LogP contribution is -2.57. The quantitative estimate of drug-likeness (QED) is 0.815. The van der Waals surface area contributed by atoms with Gasteiger partial charge in [-0.3, -0.25) is 4.79 Å². The standard InChI is InChI=1S/C19H26O2/c1-18(2)16(20)10-12-19(3)11-9-15(21-17(18)19)13-14-7-5-4-6-8-14/h4-8,15,17H,9-13H2,1-3H3/t15-,17+,19+/m1/s1. The molecule has 0 bridgehead atoms. The van der Waals surface area contributed by atoms with Crippen molar-refractivity contribution in [1.82, 2.24) is 0 Å². The van der Waals surface area contributed by atoms with Gasteiger partial charge in [-0.15, -0.1) is 0 Å². The molecule has 1 aromatic rings. The maximum Gasteiger partial charge on any atom is 0.141 e. The first kappa shape index (κ1) is 14.8. The molecule has 0 aromatic heterocycles. The minimum Gasteiger partial charge on any atom is -0.373 e. The van der Waals surface area contributed by atoms with Crippen molar-refractivity contribution in [2.24, 2.45) is 10.8 Å². The van der Waals surface area contributed by atoms with Crippen molar-refractivity contribution >= 4 is 5.78 Å². The summed E-state index contributed by atoms with van der Waals surface area (Å²) in [5, 5.41) is 0. The highest BCUT2D eigenvalue weighted by Gasteiger charge is 2.54. The predicted molar refractivity (Wildman–Crippen MR) is 84.2 cm³/mol. The van der Waals surface area contributed by atoms with Gasteiger partial charge in [0.2, 0.25) is 0 Å². The molecule has 0 radical (unpaired) electrons. The topological polar surface area (TPSA) is 26.3 Å². The first-order chi connectivity index (χ1) is 9.92. The maximum atomic E-state index is 12.3. The van der Waals surface area contributed by atoms with Crippen molar-refractivity contribution in [3.05, 3.63) is 35.9 Å². The van der Waals surface area contributed by atoms with Crippen molar-refractivity contribution in [3.63, 3.8) is 0 Å². The van der Waals surface area contributed by atoms with Crippen molar-refractivity contribution in [3.8, 4) is 0 Å². The molecule has 1 saturated heterocycles. The van der Waals surface area contributed by atoms with Crippen molar-refractivity contribution in [2.75, 3.05) is 0 Å². The molecule has 0 spiro atoms. The molecule has 3 atom stereocenters. The molecule has 114 valence electrons. The first-order valence-corrected chi connectivity index (χ1v) is 8.14. The lowest BCUT2D eigenvalue weighted by atomic mass is 9.58. The monoisotopic (exact) mass is 286 g/mol. The highest BCUT2D eigenvalue weighted by atomic mass is 16.5. The van der Waals surface area contributed by atoms with E-state index in [0.29, 0.717) is 12.2 Å². The lowest BCUT2D eigenvalue weighted by Gasteiger charge is -2.53. The zero-order chi connectivity index (χ0) is 15.1. The average molecular weight is 286 g/mol. The third kappa shape index (κ3) is 2.66. The third-order valence-corrected chi connectivity index (χ3v) is 5.60. The average Bonchev–Trinajstić information content (AvgIpc) is 2.47. The molecule has 2 heteroatoms. The third-order valence-electron chi connectivity index (χ3n) is 5.60. The zero-order valence-corrected chi connectivity index (χ0v) is 13.4. The van der Waals surface area contributed by atoms with Gasteiger partial charge in [-0.1, -0.05) is 51.1 Å². The van der Waals surface area contributed by atoms with Gasteiger partial charge in [0, 0.05) is 6.42 Å². The van der Waals surface area contributed by atoms with Crippen LogP contribution in [0.25, 0.3) is 0 Å². The summed E-state index contributed by atoms with van der Waals surface area (Å²) in [6.07, 6.45) is 5.24. The fourth-order valence-electron chi connectivity index (χ4n) is 4.24. The zero-order valence-electron chi connectivity index (χ0n) is 13.4. The summed E-state index contributed by atoms with van der Waals surface area (Å²) >= 11 is 0. The fourth-order valence-corrected chi connectivity index (χ4v) is 4.24. The van der Waals surface area contributed by atoms with Gasteiger partial charge in [0.15, 0.2) is 0 Å². The van der Waals surface area contributed by atoms with Gasteiger partial charge in [0.05, 0.1) is 17.6 Å². The summed E-state index contributed by atoms with van der Waals surface area (Å²) < 4.78 is 6.46. The van der Waals surface area contributed by atoms with Crippen LogP contribution in [0.3, 0.4) is 0 Å². The molecular weight excluding hydrogens is 260 g/mol. The number of carbonyl (C=O) groups excluding carboxylic acids is 1. The van der Waals surface area contributed by atoms with E-state index in [1.807, 2.05) is 6.07 Å². The van der Waals surface area contributed by atoms with E-state index >= 15 is 0 Å². The van der Waals surface area contributed by atoms with Crippen LogP contribution in [0.1, 0.15) is 52.0 Å². The second kappa shape index (κ2) is 5.24. The van der Waals surface area contributed by atoms with Gasteiger partial charge in [-0.05, 0) is 36.7 Å². The van der Waals surface area contributed by atoms with Gasteiger partial charge >= 0.3 is 0 Å². The van der Waals surface area contributed by atoms with E-state index in [1.54, 1.807) is 0 Å². The number of hydrogen-bond acceptors (Lipinski definition) is 2. The Hall–Kier alpha value is -1.15. The summed E-state index contributed by atoms with van der Waals surface area (Å²) in [4.78, 5) is 12.3. The number of fused-ring (bicyclic) bond motifs is 1. The number of ketones is 1. The Balaban J connectivity index is 1.77. The minimum absolute atomic E-state index is 0.0636. The highest BCUT2D eigenvalue weighted by Crippen LogP contribution is 2.52. The summed E-state index contributed by atoms with van der Waals surface area (Å²) in [6, 6.07) is 10.5. The molecule has 1 saturated carbocycles. The van der Waals surface area contributed by atoms with Gasteiger partial charge in [-0.25, -0.2) is 0 Å². The van der Waals surface area contributed by atoms with Crippen LogP contribution in [0, 0.1) is 10.8 Å². The Labute approximate surface area is 127 Å². The second-order valence-corrected chi connectivity index (χ2v) is 7.67. The van der Waals surface area contributed by atoms with Crippen LogP contribution in [-0.2, 0) is 16.0 Å². The molecule has 2 fully saturated rings. The minimum atomic E-state index is -0.345. The largest absolute Gasteiger partial charge is 0.373 e. The van der Waals surface area contributed by atoms with E-state index in [9.17, 15) is 4.79 Å². The summed E-state index contributed by atoms with van der Waals surface area (Å²) in [7, 11) is 0. The molecule has 3 rings (SSSR count). The molecule has 0 N–H and O–H groups in total. The maximum absolute atomic E-state index is 12.3. The Kier molecular flexibility index (Phi) is 3.69. The molecule has 1 aromatic carbocycles. The van der Waals surface area contributed by atoms with Crippen LogP contribution >= 0.6 is 0 Å². The Morgan fingerprint density at radius 2 is 1.86 bits per heavy atom. The molecule has 1 aliphatic carbocycles. The molecule has 1 heterocycles. The van der Waals surface area contributed by atoms with Crippen molar-refractivity contribution in [1.29, 1.82) is 0 Å². The van der Waals surface area contributed by atoms with E-state index in [-0.39, 0.29) is 23.0 Å². The van der Waals surface area contributed by atoms with E-state index in [1.165, 1.54) is 12.0 Å². The van der Waals surface area contributed by atoms with E-state index < -0.39 is 0 Å². The SMILES string of the molecule is CC1(C)C(=O)CC[C@]2(C)CC[C@H](Cc3ccccc3)O[C@@H]12. The van der Waals surface area contributed by atoms with Gasteiger partial charge in [-0.2, -0.15) is 0 Å². The Morgan fingerprint density at radius 1 is 1.14 bits per heavy atom. The molecule has 2 nitrogen and oxygen atoms in total. The van der Waals surface area contributed by atoms with Crippen LogP contribution in [-0.4, -0.2) is 18.0 Å². The van der Waals surface area contributed by atoms with Crippen LogP contribution < -0.4 is 0 Å². The fraction of sp³-hybridized carbons (Fsp3) is 0.632. The summed E-state index contributed by atoms with van der Waals surface area (Å²) in [6.45, 7) is 6.45. The first-order valence-electron chi connectivity index (χ1n) is 8.14. The van der Waals surface area contributed by atoms with Crippen molar-refractivity contribution in [2.45, 2.75) is 65.1 Å². The van der Waals surface area contributed by atoms with Gasteiger partial charge < -0.3 is 4.74 Å². The van der Waals surface area contributed by atoms with Crippen LogP contribution in [0.5, 0.6) is 0 Å². The van der Waals surface area contributed by atoms with Gasteiger partial charge in [0.1, 0.15) is 5.78 Å². The number of rotatable bonds is 2. The number of Topliss-reactive ketones (excluding diaryl/α,β-unsaturated/α-hetero) is 1. The number of carbonyl (C=O) groups is 1. The molecule has 0 amide bonds. The Bertz CT molecular complexity index is 520. The summed E-state index contributed by atoms with van der Waals surface area (Å²) in [5.74, 6) is 0.366. The molecule has 2 aliphatic rings. The van der Waals surface area contributed by atoms with Crippen molar-refractivity contribution < 1.29 is 9.53 Å².